The molecule has 2 aromatic carbocycles. The first kappa shape index (κ1) is 15.4. The number of hydrogen-bond acceptors (Lipinski definition) is 4. The van der Waals surface area contributed by atoms with Gasteiger partial charge in [-0.25, -0.2) is 9.37 Å². The Morgan fingerprint density at radius 3 is 2.61 bits per heavy atom. The molecule has 0 bridgehead atoms. The van der Waals surface area contributed by atoms with Crippen molar-refractivity contribution in [2.24, 2.45) is 0 Å². The molecule has 0 aliphatic rings. The van der Waals surface area contributed by atoms with E-state index in [0.29, 0.717) is 11.3 Å². The molecule has 0 N–H and O–H groups in total. The summed E-state index contributed by atoms with van der Waals surface area (Å²) in [4.78, 5) is 16.2. The van der Waals surface area contributed by atoms with Gasteiger partial charge in [0, 0.05) is 10.9 Å². The third-order valence-corrected chi connectivity index (χ3v) is 4.19. The summed E-state index contributed by atoms with van der Waals surface area (Å²) in [6.45, 7) is 0.0939. The lowest BCUT2D eigenvalue weighted by molar-refractivity contribution is -0.144. The molecule has 0 atom stereocenters. The molecule has 3 nitrogen and oxygen atoms in total. The zero-order valence-corrected chi connectivity index (χ0v) is 13.1. The van der Waals surface area contributed by atoms with Gasteiger partial charge in [0.25, 0.3) is 0 Å². The van der Waals surface area contributed by atoms with Crippen LogP contribution < -0.4 is 0 Å². The van der Waals surface area contributed by atoms with Crippen molar-refractivity contribution < 1.29 is 13.9 Å². The van der Waals surface area contributed by atoms with Gasteiger partial charge in [-0.15, -0.1) is 11.3 Å². The molecule has 1 heterocycles. The van der Waals surface area contributed by atoms with Crippen LogP contribution in [0.3, 0.4) is 0 Å². The Kier molecular flexibility index (Phi) is 4.78. The van der Waals surface area contributed by atoms with E-state index in [0.717, 1.165) is 10.6 Å². The monoisotopic (exact) mass is 327 g/mol. The van der Waals surface area contributed by atoms with Crippen molar-refractivity contribution in [3.63, 3.8) is 0 Å². The minimum Gasteiger partial charge on any atom is -0.459 e. The number of ether oxygens (including phenoxy) is 1. The summed E-state index contributed by atoms with van der Waals surface area (Å²) in [7, 11) is 0. The van der Waals surface area contributed by atoms with Crippen LogP contribution in [0.15, 0.2) is 60.0 Å². The fraction of sp³-hybridized carbons (Fsp3) is 0.111. The smallest absolute Gasteiger partial charge is 0.310 e. The number of thiazole rings is 1. The van der Waals surface area contributed by atoms with Crippen molar-refractivity contribution >= 4 is 17.3 Å². The van der Waals surface area contributed by atoms with Gasteiger partial charge < -0.3 is 4.74 Å². The van der Waals surface area contributed by atoms with E-state index in [1.807, 2.05) is 35.7 Å². The highest BCUT2D eigenvalue weighted by Crippen LogP contribution is 2.23. The number of halogens is 1. The average molecular weight is 327 g/mol. The molecule has 23 heavy (non-hydrogen) atoms. The average Bonchev–Trinajstić information content (AvgIpc) is 3.05. The summed E-state index contributed by atoms with van der Waals surface area (Å²) >= 11 is 1.50. The fourth-order valence-electron chi connectivity index (χ4n) is 2.09. The van der Waals surface area contributed by atoms with Gasteiger partial charge in [0.15, 0.2) is 0 Å². The zero-order chi connectivity index (χ0) is 16.1. The van der Waals surface area contributed by atoms with Gasteiger partial charge in [-0.2, -0.15) is 0 Å². The molecule has 0 fully saturated rings. The molecule has 116 valence electrons. The van der Waals surface area contributed by atoms with Crippen molar-refractivity contribution in [3.05, 3.63) is 77.1 Å². The lowest BCUT2D eigenvalue weighted by Crippen LogP contribution is -2.09. The molecule has 0 unspecified atom stereocenters. The highest BCUT2D eigenvalue weighted by atomic mass is 32.1. The Morgan fingerprint density at radius 2 is 1.83 bits per heavy atom. The molecular formula is C18H14FNO2S. The van der Waals surface area contributed by atoms with Crippen molar-refractivity contribution in [2.75, 3.05) is 0 Å². The van der Waals surface area contributed by atoms with E-state index in [-0.39, 0.29) is 13.0 Å². The second-order valence-corrected chi connectivity index (χ2v) is 5.80. The number of carbonyl (C=O) groups is 1. The fourth-order valence-corrected chi connectivity index (χ4v) is 2.90. The zero-order valence-electron chi connectivity index (χ0n) is 12.2. The third kappa shape index (κ3) is 4.02. The Bertz CT molecular complexity index is 802. The Labute approximate surface area is 137 Å². The van der Waals surface area contributed by atoms with Crippen LogP contribution >= 0.6 is 11.3 Å². The maximum atomic E-state index is 13.5. The number of benzene rings is 2. The van der Waals surface area contributed by atoms with Crippen LogP contribution in [0.2, 0.25) is 0 Å². The Morgan fingerprint density at radius 1 is 1.09 bits per heavy atom. The highest BCUT2D eigenvalue weighted by molar-refractivity contribution is 7.13. The molecular weight excluding hydrogens is 313 g/mol. The summed E-state index contributed by atoms with van der Waals surface area (Å²) in [5.41, 5.74) is 2.05. The molecule has 0 saturated heterocycles. The van der Waals surface area contributed by atoms with Gasteiger partial charge in [-0.3, -0.25) is 4.79 Å². The predicted molar refractivity (Wildman–Crippen MR) is 87.5 cm³/mol. The van der Waals surface area contributed by atoms with Gasteiger partial charge >= 0.3 is 5.97 Å². The first-order valence-electron chi connectivity index (χ1n) is 7.11. The number of hydrogen-bond donors (Lipinski definition) is 0. The summed E-state index contributed by atoms with van der Waals surface area (Å²) in [6, 6.07) is 16.0. The van der Waals surface area contributed by atoms with Gasteiger partial charge in [-0.1, -0.05) is 48.5 Å². The van der Waals surface area contributed by atoms with Gasteiger partial charge in [0.2, 0.25) is 0 Å². The molecule has 0 radical (unpaired) electrons. The number of rotatable bonds is 5. The molecule has 0 spiro atoms. The standard InChI is InChI=1S/C18H14FNO2S/c19-16-9-5-4-8-14(16)10-17(21)22-11-15-12-23-18(20-15)13-6-2-1-3-7-13/h1-9,12H,10-11H2. The van der Waals surface area contributed by atoms with E-state index in [2.05, 4.69) is 4.98 Å². The van der Waals surface area contributed by atoms with Gasteiger partial charge in [-0.05, 0) is 11.6 Å². The van der Waals surface area contributed by atoms with Crippen molar-refractivity contribution in [3.8, 4) is 10.6 Å². The molecule has 0 aliphatic heterocycles. The van der Waals surface area contributed by atoms with Crippen molar-refractivity contribution in [2.45, 2.75) is 13.0 Å². The van der Waals surface area contributed by atoms with E-state index in [1.165, 1.54) is 17.4 Å². The quantitative estimate of drug-likeness (QED) is 0.658. The highest BCUT2D eigenvalue weighted by Gasteiger charge is 2.10. The van der Waals surface area contributed by atoms with Crippen molar-refractivity contribution in [1.82, 2.24) is 4.98 Å². The summed E-state index contributed by atoms with van der Waals surface area (Å²) in [6.07, 6.45) is -0.0810. The summed E-state index contributed by atoms with van der Waals surface area (Å²) in [5, 5.41) is 2.74. The van der Waals surface area contributed by atoms with Crippen LogP contribution in [0.4, 0.5) is 4.39 Å². The minimum atomic E-state index is -0.468. The van der Waals surface area contributed by atoms with E-state index < -0.39 is 11.8 Å². The normalized spacial score (nSPS) is 10.5. The number of nitrogens with zero attached hydrogens (tertiary/aromatic N) is 1. The molecule has 0 amide bonds. The number of aromatic nitrogens is 1. The molecule has 0 aliphatic carbocycles. The minimum absolute atomic E-state index is 0.0810. The topological polar surface area (TPSA) is 39.2 Å². The molecule has 3 rings (SSSR count). The Balaban J connectivity index is 1.58. The van der Waals surface area contributed by atoms with Crippen LogP contribution in [0, 0.1) is 5.82 Å². The lowest BCUT2D eigenvalue weighted by atomic mass is 10.1. The van der Waals surface area contributed by atoms with E-state index >= 15 is 0 Å². The molecule has 0 saturated carbocycles. The lowest BCUT2D eigenvalue weighted by Gasteiger charge is -2.04. The second-order valence-electron chi connectivity index (χ2n) is 4.94. The van der Waals surface area contributed by atoms with E-state index in [9.17, 15) is 9.18 Å². The van der Waals surface area contributed by atoms with E-state index in [1.54, 1.807) is 18.2 Å². The van der Waals surface area contributed by atoms with Crippen LogP contribution in [-0.4, -0.2) is 11.0 Å². The summed E-state index contributed by atoms with van der Waals surface area (Å²) < 4.78 is 18.7. The van der Waals surface area contributed by atoms with Crippen LogP contribution in [0.5, 0.6) is 0 Å². The molecule has 1 aromatic heterocycles. The van der Waals surface area contributed by atoms with Crippen LogP contribution in [-0.2, 0) is 22.6 Å². The maximum Gasteiger partial charge on any atom is 0.310 e. The molecule has 5 heteroatoms. The summed E-state index contributed by atoms with van der Waals surface area (Å²) in [5.74, 6) is -0.867. The van der Waals surface area contributed by atoms with E-state index in [4.69, 9.17) is 4.74 Å². The van der Waals surface area contributed by atoms with Crippen LogP contribution in [0.25, 0.3) is 10.6 Å². The molecule has 3 aromatic rings. The first-order valence-corrected chi connectivity index (χ1v) is 7.99. The predicted octanol–water partition coefficient (Wildman–Crippen LogP) is 4.24. The maximum absolute atomic E-state index is 13.5. The largest absolute Gasteiger partial charge is 0.459 e. The van der Waals surface area contributed by atoms with Crippen LogP contribution in [0.1, 0.15) is 11.3 Å². The number of esters is 1. The SMILES string of the molecule is O=C(Cc1ccccc1F)OCc1csc(-c2ccccc2)n1. The first-order chi connectivity index (χ1) is 11.2. The third-order valence-electron chi connectivity index (χ3n) is 3.25. The van der Waals surface area contributed by atoms with Gasteiger partial charge in [0.05, 0.1) is 12.1 Å². The van der Waals surface area contributed by atoms with Gasteiger partial charge in [0.1, 0.15) is 17.4 Å². The van der Waals surface area contributed by atoms with Crippen molar-refractivity contribution in [1.29, 1.82) is 0 Å². The second kappa shape index (κ2) is 7.15. The Hall–Kier alpha value is -2.53. The number of carbonyl (C=O) groups excluding carboxylic acids is 1.